The normalized spacial score (nSPS) is 28.5. The largest absolute Gasteiger partial charge is 0.485 e. The van der Waals surface area contributed by atoms with Crippen LogP contribution < -0.4 is 4.74 Å². The molecule has 4 rings (SSSR count). The van der Waals surface area contributed by atoms with Gasteiger partial charge in [-0.1, -0.05) is 0 Å². The summed E-state index contributed by atoms with van der Waals surface area (Å²) in [6, 6.07) is 6.29. The maximum absolute atomic E-state index is 6.14. The molecule has 3 atom stereocenters. The highest BCUT2D eigenvalue weighted by atomic mass is 16.5. The summed E-state index contributed by atoms with van der Waals surface area (Å²) < 4.78 is 17.4. The van der Waals surface area contributed by atoms with E-state index in [2.05, 4.69) is 9.88 Å². The zero-order chi connectivity index (χ0) is 14.8. The molecule has 4 heterocycles. The van der Waals surface area contributed by atoms with E-state index < -0.39 is 0 Å². The first-order valence-corrected chi connectivity index (χ1v) is 7.83. The van der Waals surface area contributed by atoms with Gasteiger partial charge in [0, 0.05) is 37.5 Å². The Hall–Kier alpha value is -1.85. The van der Waals surface area contributed by atoms with Gasteiger partial charge in [0.1, 0.15) is 18.0 Å². The van der Waals surface area contributed by atoms with Crippen molar-refractivity contribution in [1.29, 1.82) is 0 Å². The average Bonchev–Trinajstić information content (AvgIpc) is 3.18. The van der Waals surface area contributed by atoms with Crippen LogP contribution in [0.15, 0.2) is 47.5 Å². The Bertz CT molecular complexity index is 587. The molecule has 0 aliphatic carbocycles. The van der Waals surface area contributed by atoms with E-state index in [1.54, 1.807) is 18.7 Å². The minimum atomic E-state index is 0.0569. The monoisotopic (exact) mass is 300 g/mol. The van der Waals surface area contributed by atoms with Crippen LogP contribution in [0.3, 0.4) is 0 Å². The van der Waals surface area contributed by atoms with Gasteiger partial charge in [-0.3, -0.25) is 9.88 Å². The molecule has 2 saturated heterocycles. The average molecular weight is 300 g/mol. The molecule has 0 saturated carbocycles. The first-order valence-electron chi connectivity index (χ1n) is 7.83. The zero-order valence-electron chi connectivity index (χ0n) is 12.4. The molecule has 116 valence electrons. The second kappa shape index (κ2) is 6.10. The first kappa shape index (κ1) is 13.8. The molecule has 2 aromatic heterocycles. The van der Waals surface area contributed by atoms with Crippen molar-refractivity contribution in [2.45, 2.75) is 37.6 Å². The molecule has 0 N–H and O–H groups in total. The molecular weight excluding hydrogens is 280 g/mol. The van der Waals surface area contributed by atoms with Gasteiger partial charge < -0.3 is 13.9 Å². The molecule has 5 nitrogen and oxygen atoms in total. The molecule has 2 fully saturated rings. The third kappa shape index (κ3) is 2.74. The summed E-state index contributed by atoms with van der Waals surface area (Å²) in [5.41, 5.74) is 1.20. The van der Waals surface area contributed by atoms with E-state index in [1.165, 1.54) is 5.56 Å². The summed E-state index contributed by atoms with van der Waals surface area (Å²) in [5, 5.41) is 0. The van der Waals surface area contributed by atoms with Crippen molar-refractivity contribution < 1.29 is 13.9 Å². The van der Waals surface area contributed by atoms with Crippen LogP contribution in [0.1, 0.15) is 18.4 Å². The van der Waals surface area contributed by atoms with Gasteiger partial charge in [0.2, 0.25) is 0 Å². The van der Waals surface area contributed by atoms with Crippen molar-refractivity contribution >= 4 is 0 Å². The number of likely N-dealkylation sites (tertiary alicyclic amines) is 1. The smallest absolute Gasteiger partial charge is 0.139 e. The lowest BCUT2D eigenvalue weighted by atomic mass is 10.0. The van der Waals surface area contributed by atoms with E-state index in [-0.39, 0.29) is 12.2 Å². The highest BCUT2D eigenvalue weighted by molar-refractivity contribution is 5.17. The van der Waals surface area contributed by atoms with Crippen molar-refractivity contribution in [1.82, 2.24) is 9.88 Å². The van der Waals surface area contributed by atoms with Crippen molar-refractivity contribution in [3.05, 3.63) is 48.7 Å². The molecule has 0 radical (unpaired) electrons. The van der Waals surface area contributed by atoms with Crippen molar-refractivity contribution in [3.63, 3.8) is 0 Å². The second-order valence-electron chi connectivity index (χ2n) is 5.95. The van der Waals surface area contributed by atoms with Crippen molar-refractivity contribution in [2.24, 2.45) is 0 Å². The Kier molecular flexibility index (Phi) is 3.83. The fourth-order valence-electron chi connectivity index (χ4n) is 3.50. The maximum atomic E-state index is 6.14. The number of nitrogens with zero attached hydrogens (tertiary/aromatic N) is 2. The number of pyridine rings is 1. The Labute approximate surface area is 129 Å². The Morgan fingerprint density at radius 2 is 2.36 bits per heavy atom. The molecule has 0 amide bonds. The van der Waals surface area contributed by atoms with E-state index in [1.807, 2.05) is 24.5 Å². The van der Waals surface area contributed by atoms with E-state index in [0.29, 0.717) is 6.04 Å². The minimum absolute atomic E-state index is 0.0569. The number of hydrogen-bond donors (Lipinski definition) is 0. The summed E-state index contributed by atoms with van der Waals surface area (Å²) in [6.07, 6.45) is 9.53. The highest BCUT2D eigenvalue weighted by Crippen LogP contribution is 2.32. The topological polar surface area (TPSA) is 47.7 Å². The minimum Gasteiger partial charge on any atom is -0.485 e. The number of furan rings is 1. The quantitative estimate of drug-likeness (QED) is 0.868. The fraction of sp³-hybridized carbons (Fsp3) is 0.471. The molecule has 5 heteroatoms. The predicted octanol–water partition coefficient (Wildman–Crippen LogP) is 2.49. The van der Waals surface area contributed by atoms with Crippen LogP contribution in [0, 0.1) is 0 Å². The summed E-state index contributed by atoms with van der Waals surface area (Å²) >= 11 is 0. The fourth-order valence-corrected chi connectivity index (χ4v) is 3.50. The van der Waals surface area contributed by atoms with Gasteiger partial charge in [-0.05, 0) is 31.0 Å². The van der Waals surface area contributed by atoms with Gasteiger partial charge in [-0.15, -0.1) is 0 Å². The summed E-state index contributed by atoms with van der Waals surface area (Å²) in [5.74, 6) is 0.811. The number of rotatable bonds is 4. The molecule has 2 aromatic rings. The summed E-state index contributed by atoms with van der Waals surface area (Å²) in [6.45, 7) is 2.58. The lowest BCUT2D eigenvalue weighted by molar-refractivity contribution is -0.0472. The van der Waals surface area contributed by atoms with Crippen LogP contribution in [-0.2, 0) is 11.3 Å². The van der Waals surface area contributed by atoms with Crippen molar-refractivity contribution in [2.75, 3.05) is 13.2 Å². The number of fused-ring (bicyclic) bond motifs is 1. The number of aromatic nitrogens is 1. The van der Waals surface area contributed by atoms with Crippen LogP contribution in [0.25, 0.3) is 0 Å². The Balaban J connectivity index is 1.50. The maximum Gasteiger partial charge on any atom is 0.139 e. The highest BCUT2D eigenvalue weighted by Gasteiger charge is 2.45. The van der Waals surface area contributed by atoms with E-state index >= 15 is 0 Å². The molecule has 2 aliphatic rings. The first-order chi connectivity index (χ1) is 10.9. The van der Waals surface area contributed by atoms with Gasteiger partial charge in [0.05, 0.1) is 18.7 Å². The SMILES string of the molecule is c1cncc(O[C@@H]2CN(Cc3ccoc3)[C@@H]3CCCO[C@H]32)c1. The van der Waals surface area contributed by atoms with Gasteiger partial charge in [-0.2, -0.15) is 0 Å². The molecule has 0 bridgehead atoms. The lowest BCUT2D eigenvalue weighted by Crippen LogP contribution is -2.42. The molecule has 22 heavy (non-hydrogen) atoms. The van der Waals surface area contributed by atoms with Crippen LogP contribution in [0.5, 0.6) is 5.75 Å². The predicted molar refractivity (Wildman–Crippen MR) is 80.5 cm³/mol. The molecular formula is C17H20N2O3. The standard InChI is InChI=1S/C17H20N2O3/c1-3-14(9-18-6-1)22-16-11-19(10-13-5-8-20-12-13)15-4-2-7-21-17(15)16/h1,3,5-6,8-9,12,15-17H,2,4,7,10-11H2/t15-,16-,17-/m1/s1. The zero-order valence-corrected chi connectivity index (χ0v) is 12.4. The third-order valence-corrected chi connectivity index (χ3v) is 4.47. The van der Waals surface area contributed by atoms with Gasteiger partial charge in [0.25, 0.3) is 0 Å². The van der Waals surface area contributed by atoms with Crippen LogP contribution >= 0.6 is 0 Å². The number of ether oxygens (including phenoxy) is 2. The molecule has 0 spiro atoms. The van der Waals surface area contributed by atoms with Gasteiger partial charge >= 0.3 is 0 Å². The molecule has 0 unspecified atom stereocenters. The second-order valence-corrected chi connectivity index (χ2v) is 5.95. The van der Waals surface area contributed by atoms with E-state index in [9.17, 15) is 0 Å². The van der Waals surface area contributed by atoms with Crippen molar-refractivity contribution in [3.8, 4) is 5.75 Å². The molecule has 2 aliphatic heterocycles. The third-order valence-electron chi connectivity index (χ3n) is 4.47. The van der Waals surface area contributed by atoms with Crippen LogP contribution in [0.2, 0.25) is 0 Å². The van der Waals surface area contributed by atoms with E-state index in [4.69, 9.17) is 13.9 Å². The van der Waals surface area contributed by atoms with Gasteiger partial charge in [0.15, 0.2) is 0 Å². The summed E-state index contributed by atoms with van der Waals surface area (Å²) in [7, 11) is 0. The van der Waals surface area contributed by atoms with Crippen LogP contribution in [0.4, 0.5) is 0 Å². The Morgan fingerprint density at radius 1 is 1.36 bits per heavy atom. The molecule has 0 aromatic carbocycles. The van der Waals surface area contributed by atoms with Gasteiger partial charge in [-0.25, -0.2) is 0 Å². The van der Waals surface area contributed by atoms with Crippen LogP contribution in [-0.4, -0.2) is 41.3 Å². The van der Waals surface area contributed by atoms with E-state index in [0.717, 1.165) is 38.3 Å². The lowest BCUT2D eigenvalue weighted by Gasteiger charge is -2.32. The number of hydrogen-bond acceptors (Lipinski definition) is 5. The Morgan fingerprint density at radius 3 is 3.18 bits per heavy atom. The summed E-state index contributed by atoms with van der Waals surface area (Å²) in [4.78, 5) is 6.57.